The van der Waals surface area contributed by atoms with Crippen molar-refractivity contribution in [1.82, 2.24) is 0 Å². The van der Waals surface area contributed by atoms with Crippen LogP contribution in [0.5, 0.6) is 5.75 Å². The quantitative estimate of drug-likeness (QED) is 0.715. The van der Waals surface area contributed by atoms with Crippen molar-refractivity contribution in [2.24, 2.45) is 5.92 Å². The summed E-state index contributed by atoms with van der Waals surface area (Å²) in [4.78, 5) is 1.43. The summed E-state index contributed by atoms with van der Waals surface area (Å²) in [6.45, 7) is 0. The van der Waals surface area contributed by atoms with Crippen molar-refractivity contribution in [2.75, 3.05) is 12.4 Å². The predicted molar refractivity (Wildman–Crippen MR) is 93.3 cm³/mol. The second-order valence-electron chi connectivity index (χ2n) is 5.53. The van der Waals surface area contributed by atoms with E-state index in [1.807, 2.05) is 17.4 Å². The Morgan fingerprint density at radius 1 is 1.29 bits per heavy atom. The number of hydrogen-bond acceptors (Lipinski definition) is 3. The van der Waals surface area contributed by atoms with E-state index in [0.717, 1.165) is 21.8 Å². The maximum Gasteiger partial charge on any atom is 0.135 e. The standard InChI is InChI=1S/C17H20BrNOS/c1-20-15-11-13(8-9-14(15)18)19-17(12-5-2-3-6-12)16-7-4-10-21-16/h4,7-12,17,19H,2-3,5-6H2,1H3. The third-order valence-electron chi connectivity index (χ3n) is 4.19. The van der Waals surface area contributed by atoms with Crippen LogP contribution in [-0.4, -0.2) is 7.11 Å². The second kappa shape index (κ2) is 6.84. The number of methoxy groups -OCH3 is 1. The van der Waals surface area contributed by atoms with Crippen molar-refractivity contribution in [3.63, 3.8) is 0 Å². The summed E-state index contributed by atoms with van der Waals surface area (Å²) in [7, 11) is 1.71. The van der Waals surface area contributed by atoms with Gasteiger partial charge in [-0.05, 0) is 58.3 Å². The number of thiophene rings is 1. The molecule has 1 N–H and O–H groups in total. The lowest BCUT2D eigenvalue weighted by Crippen LogP contribution is -2.18. The summed E-state index contributed by atoms with van der Waals surface area (Å²) in [5.74, 6) is 1.61. The van der Waals surface area contributed by atoms with Gasteiger partial charge in [-0.1, -0.05) is 18.9 Å². The van der Waals surface area contributed by atoms with E-state index in [4.69, 9.17) is 4.74 Å². The molecule has 1 aromatic carbocycles. The molecule has 1 aliphatic rings. The predicted octanol–water partition coefficient (Wildman–Crippen LogP) is 5.86. The molecule has 3 rings (SSSR count). The fourth-order valence-corrected chi connectivity index (χ4v) is 4.39. The largest absolute Gasteiger partial charge is 0.495 e. The summed E-state index contributed by atoms with van der Waals surface area (Å²) in [5, 5.41) is 5.90. The zero-order valence-electron chi connectivity index (χ0n) is 12.1. The Morgan fingerprint density at radius 3 is 2.76 bits per heavy atom. The Balaban J connectivity index is 1.84. The van der Waals surface area contributed by atoms with Gasteiger partial charge in [0.2, 0.25) is 0 Å². The van der Waals surface area contributed by atoms with E-state index in [2.05, 4.69) is 50.9 Å². The normalized spacial score (nSPS) is 16.9. The van der Waals surface area contributed by atoms with Crippen LogP contribution in [0.15, 0.2) is 40.2 Å². The summed E-state index contributed by atoms with van der Waals surface area (Å²) in [5.41, 5.74) is 1.13. The fourth-order valence-electron chi connectivity index (χ4n) is 3.11. The SMILES string of the molecule is COc1cc(NC(c2cccs2)C2CCCC2)ccc1Br. The van der Waals surface area contributed by atoms with Crippen molar-refractivity contribution in [3.8, 4) is 5.75 Å². The molecule has 1 saturated carbocycles. The Labute approximate surface area is 138 Å². The monoisotopic (exact) mass is 365 g/mol. The van der Waals surface area contributed by atoms with E-state index in [-0.39, 0.29) is 0 Å². The van der Waals surface area contributed by atoms with E-state index in [9.17, 15) is 0 Å². The lowest BCUT2D eigenvalue weighted by Gasteiger charge is -2.25. The average Bonchev–Trinajstić information content (AvgIpc) is 3.20. The number of benzene rings is 1. The van der Waals surface area contributed by atoms with Crippen LogP contribution in [0.3, 0.4) is 0 Å². The zero-order valence-corrected chi connectivity index (χ0v) is 14.5. The molecule has 1 heterocycles. The van der Waals surface area contributed by atoms with E-state index >= 15 is 0 Å². The number of nitrogens with one attached hydrogen (secondary N) is 1. The molecule has 1 atom stereocenters. The first-order chi connectivity index (χ1) is 10.3. The number of anilines is 1. The summed E-state index contributed by atoms with van der Waals surface area (Å²) in [6.07, 6.45) is 5.36. The molecule has 0 radical (unpaired) electrons. The van der Waals surface area contributed by atoms with Crippen LogP contribution >= 0.6 is 27.3 Å². The molecule has 0 aliphatic heterocycles. The van der Waals surface area contributed by atoms with Crippen molar-refractivity contribution < 1.29 is 4.74 Å². The average molecular weight is 366 g/mol. The van der Waals surface area contributed by atoms with Gasteiger partial charge in [-0.3, -0.25) is 0 Å². The molecular weight excluding hydrogens is 346 g/mol. The first kappa shape index (κ1) is 14.9. The van der Waals surface area contributed by atoms with E-state index in [0.29, 0.717) is 6.04 Å². The molecule has 0 bridgehead atoms. The highest BCUT2D eigenvalue weighted by Gasteiger charge is 2.27. The van der Waals surface area contributed by atoms with Gasteiger partial charge in [0.05, 0.1) is 17.6 Å². The molecule has 1 fully saturated rings. The van der Waals surface area contributed by atoms with Crippen LogP contribution in [0.2, 0.25) is 0 Å². The number of hydrogen-bond donors (Lipinski definition) is 1. The highest BCUT2D eigenvalue weighted by atomic mass is 79.9. The molecule has 1 aliphatic carbocycles. The van der Waals surface area contributed by atoms with Crippen LogP contribution in [0.1, 0.15) is 36.6 Å². The molecular formula is C17H20BrNOS. The van der Waals surface area contributed by atoms with Gasteiger partial charge >= 0.3 is 0 Å². The van der Waals surface area contributed by atoms with Gasteiger partial charge in [0.15, 0.2) is 0 Å². The van der Waals surface area contributed by atoms with Gasteiger partial charge in [-0.2, -0.15) is 0 Å². The molecule has 0 spiro atoms. The lowest BCUT2D eigenvalue weighted by molar-refractivity contribution is 0.412. The Hall–Kier alpha value is -1.00. The fraction of sp³-hybridized carbons (Fsp3) is 0.412. The van der Waals surface area contributed by atoms with Crippen molar-refractivity contribution in [2.45, 2.75) is 31.7 Å². The molecule has 2 aromatic rings. The first-order valence-electron chi connectivity index (χ1n) is 7.41. The van der Waals surface area contributed by atoms with E-state index in [1.54, 1.807) is 7.11 Å². The number of rotatable bonds is 5. The van der Waals surface area contributed by atoms with Crippen LogP contribution < -0.4 is 10.1 Å². The highest BCUT2D eigenvalue weighted by molar-refractivity contribution is 9.10. The Kier molecular flexibility index (Phi) is 4.86. The van der Waals surface area contributed by atoms with Crippen molar-refractivity contribution in [3.05, 3.63) is 45.1 Å². The molecule has 0 saturated heterocycles. The second-order valence-corrected chi connectivity index (χ2v) is 7.36. The molecule has 0 amide bonds. The van der Waals surface area contributed by atoms with Crippen LogP contribution in [0, 0.1) is 5.92 Å². The summed E-state index contributed by atoms with van der Waals surface area (Å²) in [6, 6.07) is 11.0. The maximum absolute atomic E-state index is 5.40. The van der Waals surface area contributed by atoms with Crippen molar-refractivity contribution >= 4 is 33.0 Å². The summed E-state index contributed by atoms with van der Waals surface area (Å²) < 4.78 is 6.39. The maximum atomic E-state index is 5.40. The number of halogens is 1. The zero-order chi connectivity index (χ0) is 14.7. The molecule has 4 heteroatoms. The Morgan fingerprint density at radius 2 is 2.10 bits per heavy atom. The molecule has 2 nitrogen and oxygen atoms in total. The van der Waals surface area contributed by atoms with E-state index in [1.165, 1.54) is 30.6 Å². The van der Waals surface area contributed by atoms with Crippen molar-refractivity contribution in [1.29, 1.82) is 0 Å². The molecule has 1 unspecified atom stereocenters. The van der Waals surface area contributed by atoms with Gasteiger partial charge < -0.3 is 10.1 Å². The van der Waals surface area contributed by atoms with Gasteiger partial charge in [-0.15, -0.1) is 11.3 Å². The van der Waals surface area contributed by atoms with Gasteiger partial charge in [0, 0.05) is 16.6 Å². The molecule has 1 aromatic heterocycles. The van der Waals surface area contributed by atoms with Gasteiger partial charge in [-0.25, -0.2) is 0 Å². The van der Waals surface area contributed by atoms with Crippen LogP contribution in [-0.2, 0) is 0 Å². The molecule has 112 valence electrons. The van der Waals surface area contributed by atoms with Crippen LogP contribution in [0.4, 0.5) is 5.69 Å². The van der Waals surface area contributed by atoms with Crippen LogP contribution in [0.25, 0.3) is 0 Å². The van der Waals surface area contributed by atoms with Gasteiger partial charge in [0.1, 0.15) is 5.75 Å². The van der Waals surface area contributed by atoms with Gasteiger partial charge in [0.25, 0.3) is 0 Å². The molecule has 21 heavy (non-hydrogen) atoms. The summed E-state index contributed by atoms with van der Waals surface area (Å²) >= 11 is 5.36. The third-order valence-corrected chi connectivity index (χ3v) is 5.80. The third kappa shape index (κ3) is 3.43. The minimum absolute atomic E-state index is 0.415. The Bertz CT molecular complexity index is 578. The smallest absolute Gasteiger partial charge is 0.135 e. The number of ether oxygens (including phenoxy) is 1. The first-order valence-corrected chi connectivity index (χ1v) is 9.08. The van der Waals surface area contributed by atoms with E-state index < -0.39 is 0 Å². The topological polar surface area (TPSA) is 21.3 Å². The lowest BCUT2D eigenvalue weighted by atomic mass is 9.96. The minimum Gasteiger partial charge on any atom is -0.495 e. The highest BCUT2D eigenvalue weighted by Crippen LogP contribution is 2.40. The minimum atomic E-state index is 0.415.